The molecule has 1 aromatic rings. The molecular formula is C11H17BrN2O2S2. The Kier molecular flexibility index (Phi) is 4.82. The van der Waals surface area contributed by atoms with Crippen molar-refractivity contribution >= 4 is 37.3 Å². The lowest BCUT2D eigenvalue weighted by Gasteiger charge is -2.27. The summed E-state index contributed by atoms with van der Waals surface area (Å²) in [6, 6.07) is 1.97. The summed E-state index contributed by atoms with van der Waals surface area (Å²) in [6.07, 6.45) is 1.42. The van der Waals surface area contributed by atoms with Crippen LogP contribution in [0.25, 0.3) is 0 Å². The van der Waals surface area contributed by atoms with E-state index in [2.05, 4.69) is 21.2 Å². The van der Waals surface area contributed by atoms with Gasteiger partial charge < -0.3 is 5.32 Å². The highest BCUT2D eigenvalue weighted by molar-refractivity contribution is 9.11. The quantitative estimate of drug-likeness (QED) is 0.901. The van der Waals surface area contributed by atoms with E-state index in [0.29, 0.717) is 19.4 Å². The third kappa shape index (κ3) is 3.33. The molecular weight excluding hydrogens is 336 g/mol. The van der Waals surface area contributed by atoms with Gasteiger partial charge in [0, 0.05) is 13.6 Å². The molecule has 7 heteroatoms. The minimum atomic E-state index is -3.17. The van der Waals surface area contributed by atoms with Crippen LogP contribution in [-0.2, 0) is 16.6 Å². The van der Waals surface area contributed by atoms with Crippen LogP contribution in [0.2, 0.25) is 0 Å². The first-order valence-electron chi connectivity index (χ1n) is 5.89. The maximum Gasteiger partial charge on any atom is 0.217 e. The van der Waals surface area contributed by atoms with Crippen molar-refractivity contribution in [1.82, 2.24) is 9.62 Å². The second-order valence-electron chi connectivity index (χ2n) is 4.51. The standard InChI is InChI=1S/C11H17BrN2O2S2/c1-14(7-9-6-11(12)17-8-9)18(15,16)10-2-4-13-5-3-10/h6,8,10,13H,2-5,7H2,1H3. The Morgan fingerprint density at radius 1 is 1.50 bits per heavy atom. The van der Waals surface area contributed by atoms with E-state index in [9.17, 15) is 8.42 Å². The van der Waals surface area contributed by atoms with E-state index >= 15 is 0 Å². The molecule has 1 aliphatic rings. The topological polar surface area (TPSA) is 49.4 Å². The zero-order chi connectivity index (χ0) is 13.2. The van der Waals surface area contributed by atoms with Gasteiger partial charge in [0.15, 0.2) is 0 Å². The number of thiophene rings is 1. The predicted molar refractivity (Wildman–Crippen MR) is 78.3 cm³/mol. The minimum absolute atomic E-state index is 0.231. The van der Waals surface area contributed by atoms with Gasteiger partial charge in [0.25, 0.3) is 0 Å². The number of hydrogen-bond acceptors (Lipinski definition) is 4. The van der Waals surface area contributed by atoms with Crippen molar-refractivity contribution in [2.24, 2.45) is 0 Å². The van der Waals surface area contributed by atoms with Crippen LogP contribution in [0, 0.1) is 0 Å². The third-order valence-electron chi connectivity index (χ3n) is 3.17. The molecule has 1 saturated heterocycles. The van der Waals surface area contributed by atoms with E-state index in [1.807, 2.05) is 11.4 Å². The summed E-state index contributed by atoms with van der Waals surface area (Å²) >= 11 is 4.97. The largest absolute Gasteiger partial charge is 0.317 e. The number of hydrogen-bond donors (Lipinski definition) is 1. The van der Waals surface area contributed by atoms with E-state index in [0.717, 1.165) is 22.4 Å². The molecule has 1 aliphatic heterocycles. The molecule has 0 unspecified atom stereocenters. The molecule has 4 nitrogen and oxygen atoms in total. The number of halogens is 1. The number of piperidine rings is 1. The van der Waals surface area contributed by atoms with Crippen molar-refractivity contribution in [3.05, 3.63) is 20.8 Å². The lowest BCUT2D eigenvalue weighted by molar-refractivity contribution is 0.429. The van der Waals surface area contributed by atoms with E-state index in [4.69, 9.17) is 0 Å². The molecule has 1 fully saturated rings. The highest BCUT2D eigenvalue weighted by Crippen LogP contribution is 2.24. The number of nitrogens with zero attached hydrogens (tertiary/aromatic N) is 1. The Morgan fingerprint density at radius 2 is 2.17 bits per heavy atom. The van der Waals surface area contributed by atoms with Gasteiger partial charge in [-0.2, -0.15) is 0 Å². The van der Waals surface area contributed by atoms with Gasteiger partial charge in [0.05, 0.1) is 9.04 Å². The maximum atomic E-state index is 12.4. The van der Waals surface area contributed by atoms with Gasteiger partial charge in [-0.25, -0.2) is 12.7 Å². The fourth-order valence-electron chi connectivity index (χ4n) is 2.12. The summed E-state index contributed by atoms with van der Waals surface area (Å²) in [7, 11) is -1.50. The van der Waals surface area contributed by atoms with Crippen LogP contribution < -0.4 is 5.32 Å². The zero-order valence-corrected chi connectivity index (χ0v) is 13.4. The number of nitrogens with one attached hydrogen (secondary N) is 1. The fraction of sp³-hybridized carbons (Fsp3) is 0.636. The monoisotopic (exact) mass is 352 g/mol. The van der Waals surface area contributed by atoms with E-state index in [1.54, 1.807) is 18.4 Å². The second kappa shape index (κ2) is 6.00. The van der Waals surface area contributed by atoms with E-state index in [-0.39, 0.29) is 5.25 Å². The summed E-state index contributed by atoms with van der Waals surface area (Å²) in [6.45, 7) is 2.04. The molecule has 0 saturated carbocycles. The Hall–Kier alpha value is 0.0500. The second-order valence-corrected chi connectivity index (χ2v) is 9.12. The lowest BCUT2D eigenvalue weighted by atomic mass is 10.2. The summed E-state index contributed by atoms with van der Waals surface area (Å²) < 4.78 is 27.3. The average Bonchev–Trinajstić information content (AvgIpc) is 2.76. The van der Waals surface area contributed by atoms with E-state index in [1.165, 1.54) is 4.31 Å². The molecule has 0 spiro atoms. The first-order valence-corrected chi connectivity index (χ1v) is 9.06. The van der Waals surface area contributed by atoms with Gasteiger partial charge in [0.1, 0.15) is 0 Å². The summed E-state index contributed by atoms with van der Waals surface area (Å²) in [5.74, 6) is 0. The SMILES string of the molecule is CN(Cc1csc(Br)c1)S(=O)(=O)C1CCNCC1. The third-order valence-corrected chi connectivity index (χ3v) is 7.03. The molecule has 0 atom stereocenters. The first kappa shape index (κ1) is 14.5. The normalized spacial score (nSPS) is 18.4. The van der Waals surface area contributed by atoms with Gasteiger partial charge in [-0.05, 0) is 58.9 Å². The molecule has 0 aliphatic carbocycles. The molecule has 1 N–H and O–H groups in total. The van der Waals surface area contributed by atoms with Crippen molar-refractivity contribution in [3.8, 4) is 0 Å². The number of rotatable bonds is 4. The Labute approximate surface area is 121 Å². The predicted octanol–water partition coefficient (Wildman–Crippen LogP) is 2.02. The van der Waals surface area contributed by atoms with Gasteiger partial charge in [-0.15, -0.1) is 11.3 Å². The van der Waals surface area contributed by atoms with Gasteiger partial charge in [-0.3, -0.25) is 0 Å². The molecule has 0 amide bonds. The van der Waals surface area contributed by atoms with E-state index < -0.39 is 10.0 Å². The summed E-state index contributed by atoms with van der Waals surface area (Å²) in [4.78, 5) is 0. The van der Waals surface area contributed by atoms with Crippen LogP contribution in [0.15, 0.2) is 15.2 Å². The molecule has 2 rings (SSSR count). The van der Waals surface area contributed by atoms with Crippen molar-refractivity contribution in [2.75, 3.05) is 20.1 Å². The zero-order valence-electron chi connectivity index (χ0n) is 10.2. The lowest BCUT2D eigenvalue weighted by Crippen LogP contribution is -2.42. The van der Waals surface area contributed by atoms with Crippen molar-refractivity contribution in [1.29, 1.82) is 0 Å². The molecule has 1 aromatic heterocycles. The molecule has 0 aromatic carbocycles. The molecule has 0 radical (unpaired) electrons. The van der Waals surface area contributed by atoms with Crippen LogP contribution in [-0.4, -0.2) is 38.1 Å². The molecule has 0 bridgehead atoms. The molecule has 2 heterocycles. The molecule has 18 heavy (non-hydrogen) atoms. The summed E-state index contributed by atoms with van der Waals surface area (Å²) in [5.41, 5.74) is 1.03. The highest BCUT2D eigenvalue weighted by Gasteiger charge is 2.30. The Bertz CT molecular complexity index is 495. The van der Waals surface area contributed by atoms with Crippen LogP contribution in [0.1, 0.15) is 18.4 Å². The van der Waals surface area contributed by atoms with Gasteiger partial charge in [0.2, 0.25) is 10.0 Å². The van der Waals surface area contributed by atoms with Crippen LogP contribution in [0.4, 0.5) is 0 Å². The highest BCUT2D eigenvalue weighted by atomic mass is 79.9. The number of sulfonamides is 1. The average molecular weight is 353 g/mol. The minimum Gasteiger partial charge on any atom is -0.317 e. The fourth-order valence-corrected chi connectivity index (χ4v) is 4.99. The van der Waals surface area contributed by atoms with Crippen LogP contribution in [0.3, 0.4) is 0 Å². The smallest absolute Gasteiger partial charge is 0.217 e. The Morgan fingerprint density at radius 3 is 2.72 bits per heavy atom. The van der Waals surface area contributed by atoms with Gasteiger partial charge >= 0.3 is 0 Å². The van der Waals surface area contributed by atoms with Crippen LogP contribution in [0.5, 0.6) is 0 Å². The van der Waals surface area contributed by atoms with Crippen molar-refractivity contribution < 1.29 is 8.42 Å². The van der Waals surface area contributed by atoms with Crippen molar-refractivity contribution in [3.63, 3.8) is 0 Å². The summed E-state index contributed by atoms with van der Waals surface area (Å²) in [5, 5.41) is 4.95. The van der Waals surface area contributed by atoms with Gasteiger partial charge in [-0.1, -0.05) is 0 Å². The first-order chi connectivity index (χ1) is 8.50. The molecule has 102 valence electrons. The Balaban J connectivity index is 2.04. The van der Waals surface area contributed by atoms with Crippen molar-refractivity contribution in [2.45, 2.75) is 24.6 Å². The van der Waals surface area contributed by atoms with Crippen LogP contribution >= 0.6 is 27.3 Å². The maximum absolute atomic E-state index is 12.4.